The Morgan fingerprint density at radius 2 is 1.76 bits per heavy atom. The van der Waals surface area contributed by atoms with Crippen molar-refractivity contribution in [2.75, 3.05) is 11.9 Å². The highest BCUT2D eigenvalue weighted by Crippen LogP contribution is 2.15. The number of para-hydroxylation sites is 1. The number of carbonyl (C=O) groups is 3. The van der Waals surface area contributed by atoms with Crippen molar-refractivity contribution < 1.29 is 27.9 Å². The summed E-state index contributed by atoms with van der Waals surface area (Å²) in [5, 5.41) is 4.05. The molecule has 25 heavy (non-hydrogen) atoms. The monoisotopic (exact) mass is 368 g/mol. The first kappa shape index (κ1) is 18.3. The van der Waals surface area contributed by atoms with Gasteiger partial charge in [0.1, 0.15) is 11.6 Å². The smallest absolute Gasteiger partial charge is 0.341 e. The standard InChI is InChI=1S/C16H11ClF2N2O4/c17-9-5-6-10(12(19)7-9)15(23)25-8-14(22)21-16(24)20-13-4-2-1-3-11(13)18/h1-7H,8H2,(H2,20,21,22,24). The molecule has 2 aromatic rings. The summed E-state index contributed by atoms with van der Waals surface area (Å²) in [6.07, 6.45) is 0. The van der Waals surface area contributed by atoms with Crippen molar-refractivity contribution in [3.63, 3.8) is 0 Å². The third-order valence-electron chi connectivity index (χ3n) is 2.86. The number of nitrogens with one attached hydrogen (secondary N) is 2. The third-order valence-corrected chi connectivity index (χ3v) is 3.10. The normalized spacial score (nSPS) is 10.0. The van der Waals surface area contributed by atoms with Crippen LogP contribution < -0.4 is 10.6 Å². The van der Waals surface area contributed by atoms with Gasteiger partial charge in [0.25, 0.3) is 5.91 Å². The van der Waals surface area contributed by atoms with Crippen LogP contribution >= 0.6 is 11.6 Å². The SMILES string of the molecule is O=C(COC(=O)c1ccc(Cl)cc1F)NC(=O)Nc1ccccc1F. The molecule has 0 fully saturated rings. The molecular formula is C16H11ClF2N2O4. The largest absolute Gasteiger partial charge is 0.452 e. The molecule has 2 aromatic carbocycles. The lowest BCUT2D eigenvalue weighted by molar-refractivity contribution is -0.123. The number of halogens is 3. The Morgan fingerprint density at radius 1 is 1.04 bits per heavy atom. The van der Waals surface area contributed by atoms with E-state index in [9.17, 15) is 23.2 Å². The zero-order valence-corrected chi connectivity index (χ0v) is 13.3. The first-order valence-electron chi connectivity index (χ1n) is 6.84. The Hall–Kier alpha value is -3.00. The van der Waals surface area contributed by atoms with Gasteiger partial charge in [-0.3, -0.25) is 10.1 Å². The number of ether oxygens (including phenoxy) is 1. The maximum Gasteiger partial charge on any atom is 0.341 e. The Bertz CT molecular complexity index is 830. The number of hydrogen-bond donors (Lipinski definition) is 2. The average molecular weight is 369 g/mol. The fourth-order valence-corrected chi connectivity index (χ4v) is 1.90. The van der Waals surface area contributed by atoms with Crippen LogP contribution in [0.5, 0.6) is 0 Å². The Balaban J connectivity index is 1.85. The summed E-state index contributed by atoms with van der Waals surface area (Å²) in [7, 11) is 0. The van der Waals surface area contributed by atoms with Crippen LogP contribution in [-0.2, 0) is 9.53 Å². The molecule has 0 radical (unpaired) electrons. The number of urea groups is 1. The fraction of sp³-hybridized carbons (Fsp3) is 0.0625. The molecule has 0 aliphatic carbocycles. The molecule has 9 heteroatoms. The molecule has 0 bridgehead atoms. The number of hydrogen-bond acceptors (Lipinski definition) is 4. The van der Waals surface area contributed by atoms with Crippen molar-refractivity contribution in [3.8, 4) is 0 Å². The predicted octanol–water partition coefficient (Wildman–Crippen LogP) is 3.12. The molecule has 0 unspecified atom stereocenters. The van der Waals surface area contributed by atoms with Crippen molar-refractivity contribution in [1.29, 1.82) is 0 Å². The summed E-state index contributed by atoms with van der Waals surface area (Å²) in [5.74, 6) is -3.67. The molecular weight excluding hydrogens is 358 g/mol. The van der Waals surface area contributed by atoms with Gasteiger partial charge in [-0.2, -0.15) is 0 Å². The molecule has 0 atom stereocenters. The van der Waals surface area contributed by atoms with E-state index in [1.807, 2.05) is 5.32 Å². The Labute approximate surface area is 145 Å². The summed E-state index contributed by atoms with van der Waals surface area (Å²) in [6.45, 7) is -0.828. The summed E-state index contributed by atoms with van der Waals surface area (Å²) in [6, 6.07) is 7.63. The second-order valence-corrected chi connectivity index (χ2v) is 5.12. The highest BCUT2D eigenvalue weighted by molar-refractivity contribution is 6.30. The molecule has 0 aromatic heterocycles. The van der Waals surface area contributed by atoms with Gasteiger partial charge in [0.15, 0.2) is 6.61 Å². The van der Waals surface area contributed by atoms with Crippen molar-refractivity contribution in [2.24, 2.45) is 0 Å². The second kappa shape index (κ2) is 8.20. The van der Waals surface area contributed by atoms with Gasteiger partial charge in [-0.25, -0.2) is 18.4 Å². The zero-order chi connectivity index (χ0) is 18.4. The molecule has 2 rings (SSSR count). The van der Waals surface area contributed by atoms with Crippen LogP contribution in [0.3, 0.4) is 0 Å². The van der Waals surface area contributed by atoms with E-state index in [1.165, 1.54) is 24.3 Å². The molecule has 2 N–H and O–H groups in total. The van der Waals surface area contributed by atoms with Crippen molar-refractivity contribution in [2.45, 2.75) is 0 Å². The van der Waals surface area contributed by atoms with Crippen LogP contribution in [0.2, 0.25) is 5.02 Å². The Morgan fingerprint density at radius 3 is 2.44 bits per heavy atom. The topological polar surface area (TPSA) is 84.5 Å². The maximum absolute atomic E-state index is 13.5. The van der Waals surface area contributed by atoms with E-state index in [-0.39, 0.29) is 10.7 Å². The van der Waals surface area contributed by atoms with Gasteiger partial charge < -0.3 is 10.1 Å². The van der Waals surface area contributed by atoms with Crippen molar-refractivity contribution >= 4 is 35.2 Å². The van der Waals surface area contributed by atoms with Crippen LogP contribution in [0.4, 0.5) is 19.3 Å². The molecule has 130 valence electrons. The van der Waals surface area contributed by atoms with Crippen LogP contribution in [-0.4, -0.2) is 24.5 Å². The number of amides is 3. The van der Waals surface area contributed by atoms with Crippen molar-refractivity contribution in [3.05, 3.63) is 64.7 Å². The zero-order valence-electron chi connectivity index (χ0n) is 12.5. The highest BCUT2D eigenvalue weighted by atomic mass is 35.5. The van der Waals surface area contributed by atoms with Gasteiger partial charge in [0, 0.05) is 5.02 Å². The molecule has 0 saturated carbocycles. The van der Waals surface area contributed by atoms with E-state index in [2.05, 4.69) is 10.1 Å². The lowest BCUT2D eigenvalue weighted by atomic mass is 10.2. The van der Waals surface area contributed by atoms with Gasteiger partial charge in [-0.1, -0.05) is 23.7 Å². The maximum atomic E-state index is 13.5. The van der Waals surface area contributed by atoms with Crippen LogP contribution in [0.1, 0.15) is 10.4 Å². The minimum Gasteiger partial charge on any atom is -0.452 e. The number of anilines is 1. The molecule has 6 nitrogen and oxygen atoms in total. The van der Waals surface area contributed by atoms with Gasteiger partial charge >= 0.3 is 12.0 Å². The summed E-state index contributed by atoms with van der Waals surface area (Å²) < 4.78 is 31.5. The molecule has 0 aliphatic rings. The third kappa shape index (κ3) is 5.25. The van der Waals surface area contributed by atoms with Crippen LogP contribution in [0.15, 0.2) is 42.5 Å². The molecule has 0 aliphatic heterocycles. The minimum atomic E-state index is -1.10. The van der Waals surface area contributed by atoms with Gasteiger partial charge in [0.05, 0.1) is 11.3 Å². The van der Waals surface area contributed by atoms with Gasteiger partial charge in [-0.15, -0.1) is 0 Å². The molecule has 0 saturated heterocycles. The number of esters is 1. The molecule has 0 spiro atoms. The second-order valence-electron chi connectivity index (χ2n) is 4.68. The van der Waals surface area contributed by atoms with Gasteiger partial charge in [-0.05, 0) is 30.3 Å². The number of imide groups is 1. The summed E-state index contributed by atoms with van der Waals surface area (Å²) in [4.78, 5) is 34.8. The lowest BCUT2D eigenvalue weighted by Crippen LogP contribution is -2.37. The van der Waals surface area contributed by atoms with E-state index < -0.39 is 41.7 Å². The van der Waals surface area contributed by atoms with Crippen LogP contribution in [0.25, 0.3) is 0 Å². The van der Waals surface area contributed by atoms with E-state index in [0.29, 0.717) is 0 Å². The van der Waals surface area contributed by atoms with E-state index in [0.717, 1.165) is 18.2 Å². The number of rotatable bonds is 4. The number of carbonyl (C=O) groups excluding carboxylic acids is 3. The van der Waals surface area contributed by atoms with E-state index in [4.69, 9.17) is 11.6 Å². The molecule has 3 amide bonds. The summed E-state index contributed by atoms with van der Waals surface area (Å²) in [5.41, 5.74) is -0.541. The number of benzene rings is 2. The predicted molar refractivity (Wildman–Crippen MR) is 85.3 cm³/mol. The first-order valence-corrected chi connectivity index (χ1v) is 7.22. The van der Waals surface area contributed by atoms with Gasteiger partial charge in [0.2, 0.25) is 0 Å². The molecule has 0 heterocycles. The minimum absolute atomic E-state index is 0.0941. The van der Waals surface area contributed by atoms with E-state index in [1.54, 1.807) is 0 Å². The quantitative estimate of drug-likeness (QED) is 0.812. The van der Waals surface area contributed by atoms with E-state index >= 15 is 0 Å². The summed E-state index contributed by atoms with van der Waals surface area (Å²) >= 11 is 5.56. The highest BCUT2D eigenvalue weighted by Gasteiger charge is 2.16. The fourth-order valence-electron chi connectivity index (χ4n) is 1.74. The Kier molecular flexibility index (Phi) is 6.02. The van der Waals surface area contributed by atoms with Crippen molar-refractivity contribution in [1.82, 2.24) is 5.32 Å². The lowest BCUT2D eigenvalue weighted by Gasteiger charge is -2.08. The van der Waals surface area contributed by atoms with Crippen LogP contribution in [0, 0.1) is 11.6 Å². The average Bonchev–Trinajstić information content (AvgIpc) is 2.54. The first-order chi connectivity index (χ1) is 11.9.